The summed E-state index contributed by atoms with van der Waals surface area (Å²) < 4.78 is 34.2. The van der Waals surface area contributed by atoms with Gasteiger partial charge >= 0.3 is 13.8 Å². The molecule has 0 aromatic heterocycles. The number of carbonyl (C=O) groups is 1. The van der Waals surface area contributed by atoms with Gasteiger partial charge in [0.2, 0.25) is 0 Å². The number of hydrogen-bond donors (Lipinski definition) is 6. The molecule has 1 rings (SSSR count). The molecule has 1 saturated carbocycles. The minimum atomic E-state index is -5.03. The van der Waals surface area contributed by atoms with Crippen molar-refractivity contribution in [2.45, 2.75) is 224 Å². The number of aliphatic hydroxyl groups is 5. The Balaban J connectivity index is 2.36. The summed E-state index contributed by atoms with van der Waals surface area (Å²) in [7, 11) is -5.03. The molecule has 0 aromatic rings. The third kappa shape index (κ3) is 32.5. The molecule has 0 heterocycles. The second-order valence-electron chi connectivity index (χ2n) is 16.9. The topological polar surface area (TPSA) is 192 Å². The fourth-order valence-corrected chi connectivity index (χ4v) is 8.15. The lowest BCUT2D eigenvalue weighted by atomic mass is 9.85. The van der Waals surface area contributed by atoms with E-state index in [2.05, 4.69) is 86.8 Å². The van der Waals surface area contributed by atoms with Crippen molar-refractivity contribution in [3.05, 3.63) is 72.9 Å². The molecule has 0 aromatic carbocycles. The summed E-state index contributed by atoms with van der Waals surface area (Å²) in [4.78, 5) is 23.2. The molecule has 370 valence electrons. The highest BCUT2D eigenvalue weighted by Gasteiger charge is 2.51. The van der Waals surface area contributed by atoms with Crippen molar-refractivity contribution in [3.8, 4) is 0 Å². The van der Waals surface area contributed by atoms with Crippen LogP contribution in [0.15, 0.2) is 72.9 Å². The van der Waals surface area contributed by atoms with Crippen molar-refractivity contribution in [1.29, 1.82) is 0 Å². The molecule has 6 atom stereocenters. The number of unbranched alkanes of at least 4 members (excludes halogenated alkanes) is 17. The Morgan fingerprint density at radius 2 is 0.922 bits per heavy atom. The van der Waals surface area contributed by atoms with E-state index in [9.17, 15) is 39.8 Å². The fraction of sp³-hybridized carbons (Fsp3) is 0.745. The maximum Gasteiger partial charge on any atom is 0.472 e. The second kappa shape index (κ2) is 41.0. The second-order valence-corrected chi connectivity index (χ2v) is 18.3. The van der Waals surface area contributed by atoms with E-state index in [4.69, 9.17) is 18.5 Å². The maximum absolute atomic E-state index is 12.8. The zero-order valence-corrected chi connectivity index (χ0v) is 40.5. The third-order valence-corrected chi connectivity index (χ3v) is 12.1. The summed E-state index contributed by atoms with van der Waals surface area (Å²) in [5.41, 5.74) is 0. The lowest BCUT2D eigenvalue weighted by Crippen LogP contribution is -2.64. The number of phosphoric ester groups is 1. The highest BCUT2D eigenvalue weighted by molar-refractivity contribution is 7.47. The van der Waals surface area contributed by atoms with E-state index in [0.717, 1.165) is 96.3 Å². The van der Waals surface area contributed by atoms with E-state index in [0.29, 0.717) is 13.0 Å². The molecule has 0 saturated heterocycles. The molecule has 0 bridgehead atoms. The molecule has 12 nitrogen and oxygen atoms in total. The zero-order chi connectivity index (χ0) is 46.9. The molecule has 1 fully saturated rings. The fourth-order valence-electron chi connectivity index (χ4n) is 7.18. The minimum absolute atomic E-state index is 0.0919. The van der Waals surface area contributed by atoms with Crippen LogP contribution in [0.5, 0.6) is 0 Å². The van der Waals surface area contributed by atoms with Crippen LogP contribution in [0.3, 0.4) is 0 Å². The summed E-state index contributed by atoms with van der Waals surface area (Å²) in [6, 6.07) is 0. The van der Waals surface area contributed by atoms with Gasteiger partial charge in [-0.05, 0) is 64.2 Å². The number of hydrogen-bond acceptors (Lipinski definition) is 11. The smallest absolute Gasteiger partial charge is 0.457 e. The normalized spacial score (nSPS) is 22.3. The number of carbonyl (C=O) groups excluding carboxylic acids is 1. The number of aliphatic hydroxyl groups excluding tert-OH is 5. The van der Waals surface area contributed by atoms with E-state index in [1.165, 1.54) is 57.8 Å². The molecule has 0 spiro atoms. The zero-order valence-electron chi connectivity index (χ0n) is 39.6. The van der Waals surface area contributed by atoms with Gasteiger partial charge in [-0.3, -0.25) is 13.8 Å². The highest BCUT2D eigenvalue weighted by atomic mass is 31.2. The SMILES string of the molecule is CC/C=C\C/C=C\C/C=C\C/C=C\C/C=C\C/C=C\CCCCCCCOCC(COP(=O)(O)OC1C(O)C(O)C(O)C(O)C1O)OC(=O)CCCCCCCCCCCCCCC. The number of rotatable bonds is 41. The maximum atomic E-state index is 12.8. The Labute approximate surface area is 387 Å². The predicted molar refractivity (Wildman–Crippen MR) is 258 cm³/mol. The first-order chi connectivity index (χ1) is 31.0. The molecule has 64 heavy (non-hydrogen) atoms. The quantitative estimate of drug-likeness (QED) is 0.0147. The average Bonchev–Trinajstić information content (AvgIpc) is 3.28. The minimum Gasteiger partial charge on any atom is -0.457 e. The first-order valence-electron chi connectivity index (χ1n) is 24.8. The number of phosphoric acid groups is 1. The summed E-state index contributed by atoms with van der Waals surface area (Å²) >= 11 is 0. The van der Waals surface area contributed by atoms with Crippen molar-refractivity contribution < 1.29 is 58.3 Å². The van der Waals surface area contributed by atoms with Crippen LogP contribution in [-0.4, -0.2) is 98.9 Å². The van der Waals surface area contributed by atoms with Crippen LogP contribution < -0.4 is 0 Å². The van der Waals surface area contributed by atoms with Crippen LogP contribution in [0.4, 0.5) is 0 Å². The Bertz CT molecular complexity index is 1330. The Kier molecular flexibility index (Phi) is 38.3. The van der Waals surface area contributed by atoms with Gasteiger partial charge in [-0.2, -0.15) is 0 Å². The van der Waals surface area contributed by atoms with Crippen molar-refractivity contribution in [1.82, 2.24) is 0 Å². The lowest BCUT2D eigenvalue weighted by molar-refractivity contribution is -0.220. The van der Waals surface area contributed by atoms with Gasteiger partial charge in [-0.1, -0.05) is 183 Å². The molecule has 1 aliphatic carbocycles. The number of ether oxygens (including phenoxy) is 2. The lowest BCUT2D eigenvalue weighted by Gasteiger charge is -2.41. The van der Waals surface area contributed by atoms with Gasteiger partial charge in [-0.15, -0.1) is 0 Å². The van der Waals surface area contributed by atoms with Crippen LogP contribution >= 0.6 is 7.82 Å². The van der Waals surface area contributed by atoms with Gasteiger partial charge in [0.15, 0.2) is 0 Å². The van der Waals surface area contributed by atoms with Gasteiger partial charge in [-0.25, -0.2) is 4.57 Å². The van der Waals surface area contributed by atoms with E-state index < -0.39 is 63.1 Å². The molecule has 13 heteroatoms. The van der Waals surface area contributed by atoms with Gasteiger partial charge in [0.25, 0.3) is 0 Å². The van der Waals surface area contributed by atoms with E-state index in [1.54, 1.807) is 0 Å². The summed E-state index contributed by atoms with van der Waals surface area (Å²) in [6.07, 6.45) is 41.1. The Hall–Kier alpha value is -2.22. The Morgan fingerprint density at radius 1 is 0.516 bits per heavy atom. The number of allylic oxidation sites excluding steroid dienone is 12. The Morgan fingerprint density at radius 3 is 1.41 bits per heavy atom. The van der Waals surface area contributed by atoms with E-state index in [-0.39, 0.29) is 13.0 Å². The third-order valence-electron chi connectivity index (χ3n) is 11.1. The van der Waals surface area contributed by atoms with Crippen LogP contribution in [0.1, 0.15) is 181 Å². The molecule has 0 radical (unpaired) electrons. The van der Waals surface area contributed by atoms with Gasteiger partial charge in [0.05, 0.1) is 13.2 Å². The van der Waals surface area contributed by atoms with Crippen molar-refractivity contribution >= 4 is 13.8 Å². The molecular formula is C51H89O12P. The summed E-state index contributed by atoms with van der Waals surface area (Å²) in [5, 5.41) is 50.2. The van der Waals surface area contributed by atoms with E-state index >= 15 is 0 Å². The van der Waals surface area contributed by atoms with Crippen molar-refractivity contribution in [2.24, 2.45) is 0 Å². The monoisotopic (exact) mass is 925 g/mol. The van der Waals surface area contributed by atoms with Crippen LogP contribution in [0, 0.1) is 0 Å². The first kappa shape index (κ1) is 59.8. The molecule has 6 N–H and O–H groups in total. The average molecular weight is 925 g/mol. The van der Waals surface area contributed by atoms with Gasteiger partial charge < -0.3 is 39.9 Å². The largest absolute Gasteiger partial charge is 0.472 e. The van der Waals surface area contributed by atoms with Crippen molar-refractivity contribution in [3.63, 3.8) is 0 Å². The van der Waals surface area contributed by atoms with Crippen molar-refractivity contribution in [2.75, 3.05) is 19.8 Å². The summed E-state index contributed by atoms with van der Waals surface area (Å²) in [5.74, 6) is -0.487. The van der Waals surface area contributed by atoms with Gasteiger partial charge in [0.1, 0.15) is 42.7 Å². The van der Waals surface area contributed by atoms with Crippen LogP contribution in [0.2, 0.25) is 0 Å². The first-order valence-corrected chi connectivity index (χ1v) is 26.3. The standard InChI is InChI=1S/C51H89O12P/c1-3-5-7-9-11-13-15-17-18-19-20-21-22-23-24-25-26-27-29-31-33-35-37-39-41-60-42-44(43-61-64(58,59)63-51-49(56)47(54)46(53)48(55)50(51)57)62-45(52)40-38-36-34-32-30-28-16-14-12-10-8-6-4-2/h5,7,11,13,17-18,20-21,23-24,26-27,44,46-51,53-57H,3-4,6,8-10,12,14-16,19,22,25,28-43H2,1-2H3,(H,58,59)/b7-5-,13-11-,18-17-,21-20-,24-23-,27-26-. The van der Waals surface area contributed by atoms with Gasteiger partial charge in [0, 0.05) is 13.0 Å². The predicted octanol–water partition coefficient (Wildman–Crippen LogP) is 10.8. The molecule has 0 aliphatic heterocycles. The number of esters is 1. The highest BCUT2D eigenvalue weighted by Crippen LogP contribution is 2.47. The van der Waals surface area contributed by atoms with Crippen LogP contribution in [0.25, 0.3) is 0 Å². The summed E-state index contributed by atoms with van der Waals surface area (Å²) in [6.45, 7) is 4.10. The molecule has 6 unspecified atom stereocenters. The molecule has 0 amide bonds. The molecular weight excluding hydrogens is 836 g/mol. The van der Waals surface area contributed by atoms with E-state index in [1.807, 2.05) is 0 Å². The van der Waals surface area contributed by atoms with Crippen LogP contribution in [-0.2, 0) is 27.9 Å². The molecule has 1 aliphatic rings.